The van der Waals surface area contributed by atoms with Gasteiger partial charge in [-0.1, -0.05) is 19.6 Å². The van der Waals surface area contributed by atoms with E-state index in [1.807, 2.05) is 33.8 Å². The number of carboxylic acid groups (broad SMARTS) is 2. The highest BCUT2D eigenvalue weighted by atomic mass is 32.2. The van der Waals surface area contributed by atoms with E-state index in [1.54, 1.807) is 6.08 Å². The second-order valence-electron chi connectivity index (χ2n) is 12.1. The molecule has 0 aromatic carbocycles. The van der Waals surface area contributed by atoms with Crippen LogP contribution in [-0.2, 0) is 56.6 Å². The van der Waals surface area contributed by atoms with Crippen molar-refractivity contribution in [3.63, 3.8) is 0 Å². The van der Waals surface area contributed by atoms with Crippen LogP contribution in [0.3, 0.4) is 0 Å². The van der Waals surface area contributed by atoms with E-state index < -0.39 is 11.9 Å². The summed E-state index contributed by atoms with van der Waals surface area (Å²) in [4.78, 5) is 55.2. The predicted molar refractivity (Wildman–Crippen MR) is 170 cm³/mol. The van der Waals surface area contributed by atoms with Gasteiger partial charge in [-0.15, -0.1) is 0 Å². The van der Waals surface area contributed by atoms with Crippen LogP contribution in [-0.4, -0.2) is 61.0 Å². The number of carboxylic acids is 2. The van der Waals surface area contributed by atoms with Gasteiger partial charge in [-0.2, -0.15) is 0 Å². The van der Waals surface area contributed by atoms with Gasteiger partial charge in [0.25, 0.3) is 5.91 Å². The molecule has 234 valence electrons. The first-order valence-electron chi connectivity index (χ1n) is 15.1. The van der Waals surface area contributed by atoms with E-state index in [0.29, 0.717) is 36.5 Å². The first-order chi connectivity index (χ1) is 20.9. The first kappa shape index (κ1) is 31.4. The van der Waals surface area contributed by atoms with Crippen molar-refractivity contribution in [3.8, 4) is 0 Å². The van der Waals surface area contributed by atoms with E-state index in [0.717, 1.165) is 62.1 Å². The fourth-order valence-electron chi connectivity index (χ4n) is 6.71. The third kappa shape index (κ3) is 6.29. The number of aliphatic carboxylic acids is 2. The number of aromatic nitrogens is 2. The van der Waals surface area contributed by atoms with Crippen molar-refractivity contribution in [2.24, 2.45) is 11.8 Å². The number of allylic oxidation sites excluding steroid dienone is 1. The number of H-pyrrole nitrogens is 2. The predicted octanol–water partition coefficient (Wildman–Crippen LogP) is 3.05. The number of thiol groups is 1. The van der Waals surface area contributed by atoms with Gasteiger partial charge >= 0.3 is 11.9 Å². The SMILES string of the molecule is C=CC1=C(C)[C@@H](Cc2[nH]c(Cc3[nH]c(/C=C4/NC(=O)[C@H](C)[C@H]4[C@H]4C[SH+]4)c(C)c3CCC(=O)O)c(CCC(=O)O)c2C)NC1=O. The van der Waals surface area contributed by atoms with Gasteiger partial charge in [-0.25, -0.2) is 0 Å². The Labute approximate surface area is 260 Å². The van der Waals surface area contributed by atoms with E-state index in [-0.39, 0.29) is 42.5 Å². The number of nitrogens with one attached hydrogen (secondary N) is 4. The Balaban J connectivity index is 1.51. The summed E-state index contributed by atoms with van der Waals surface area (Å²) >= 11 is 1.36. The molecule has 4 atom stereocenters. The van der Waals surface area contributed by atoms with E-state index in [9.17, 15) is 29.4 Å². The van der Waals surface area contributed by atoms with Crippen LogP contribution >= 0.6 is 0 Å². The average molecular weight is 622 g/mol. The zero-order valence-corrected chi connectivity index (χ0v) is 26.5. The second-order valence-corrected chi connectivity index (χ2v) is 13.5. The number of rotatable bonds is 13. The molecule has 0 radical (unpaired) electrons. The topological polar surface area (TPSA) is 164 Å². The lowest BCUT2D eigenvalue weighted by atomic mass is 9.91. The normalized spacial score (nSPS) is 23.8. The summed E-state index contributed by atoms with van der Waals surface area (Å²) in [5.41, 5.74) is 9.61. The number of hydrogen-bond acceptors (Lipinski definition) is 4. The molecular weight excluding hydrogens is 580 g/mol. The van der Waals surface area contributed by atoms with Gasteiger partial charge in [-0.05, 0) is 79.3 Å². The lowest BCUT2D eigenvalue weighted by Gasteiger charge is -2.12. The minimum atomic E-state index is -0.889. The lowest BCUT2D eigenvalue weighted by molar-refractivity contribution is -0.138. The van der Waals surface area contributed by atoms with Crippen LogP contribution in [0.15, 0.2) is 29.5 Å². The average Bonchev–Trinajstić information content (AvgIpc) is 3.53. The van der Waals surface area contributed by atoms with Crippen molar-refractivity contribution in [2.45, 2.75) is 77.5 Å². The Hall–Kier alpha value is -3.99. The quantitative estimate of drug-likeness (QED) is 0.114. The molecule has 0 bridgehead atoms. The zero-order chi connectivity index (χ0) is 31.9. The Morgan fingerprint density at radius 1 is 0.977 bits per heavy atom. The van der Waals surface area contributed by atoms with E-state index in [1.165, 1.54) is 11.8 Å². The van der Waals surface area contributed by atoms with Crippen molar-refractivity contribution in [3.05, 3.63) is 74.5 Å². The van der Waals surface area contributed by atoms with Crippen LogP contribution in [0.1, 0.15) is 71.7 Å². The highest BCUT2D eigenvalue weighted by molar-refractivity contribution is 7.86. The van der Waals surface area contributed by atoms with Gasteiger partial charge in [0.1, 0.15) is 0 Å². The molecule has 0 spiro atoms. The van der Waals surface area contributed by atoms with Crippen molar-refractivity contribution in [1.29, 1.82) is 0 Å². The number of carbonyl (C=O) groups is 4. The number of carbonyl (C=O) groups excluding carboxylic acids is 2. The van der Waals surface area contributed by atoms with Gasteiger partial charge in [0, 0.05) is 65.6 Å². The molecule has 2 fully saturated rings. The number of aromatic amines is 2. The van der Waals surface area contributed by atoms with Crippen molar-refractivity contribution in [2.75, 3.05) is 5.75 Å². The maximum Gasteiger partial charge on any atom is 0.303 e. The zero-order valence-electron chi connectivity index (χ0n) is 25.6. The van der Waals surface area contributed by atoms with Gasteiger partial charge in [-0.3, -0.25) is 19.2 Å². The lowest BCUT2D eigenvalue weighted by Crippen LogP contribution is -2.30. The van der Waals surface area contributed by atoms with E-state index in [4.69, 9.17) is 0 Å². The molecule has 5 rings (SSSR count). The molecule has 44 heavy (non-hydrogen) atoms. The molecule has 10 nitrogen and oxygen atoms in total. The van der Waals surface area contributed by atoms with Crippen molar-refractivity contribution >= 4 is 41.6 Å². The third-order valence-corrected chi connectivity index (χ3v) is 10.5. The highest BCUT2D eigenvalue weighted by Gasteiger charge is 2.52. The van der Waals surface area contributed by atoms with Gasteiger partial charge in [0.2, 0.25) is 5.91 Å². The summed E-state index contributed by atoms with van der Waals surface area (Å²) in [7, 11) is 0. The largest absolute Gasteiger partial charge is 0.481 e. The summed E-state index contributed by atoms with van der Waals surface area (Å²) in [5.74, 6) is -0.764. The molecule has 0 aliphatic carbocycles. The van der Waals surface area contributed by atoms with E-state index in [2.05, 4.69) is 27.2 Å². The molecule has 2 saturated heterocycles. The molecule has 0 unspecified atom stereocenters. The first-order valence-corrected chi connectivity index (χ1v) is 16.2. The summed E-state index contributed by atoms with van der Waals surface area (Å²) in [6.07, 6.45) is 5.14. The van der Waals surface area contributed by atoms with Crippen LogP contribution in [0.25, 0.3) is 6.08 Å². The summed E-state index contributed by atoms with van der Waals surface area (Å²) in [6, 6.07) is -0.201. The molecule has 5 heterocycles. The summed E-state index contributed by atoms with van der Waals surface area (Å²) in [6.45, 7) is 11.6. The minimum Gasteiger partial charge on any atom is -0.481 e. The maximum absolute atomic E-state index is 12.6. The Kier molecular flexibility index (Phi) is 8.97. The van der Waals surface area contributed by atoms with E-state index >= 15 is 0 Å². The van der Waals surface area contributed by atoms with Crippen LogP contribution < -0.4 is 10.6 Å². The van der Waals surface area contributed by atoms with Gasteiger partial charge < -0.3 is 30.8 Å². The van der Waals surface area contributed by atoms with Gasteiger partial charge in [0.15, 0.2) is 11.0 Å². The molecule has 2 amide bonds. The van der Waals surface area contributed by atoms with Crippen LogP contribution in [0.5, 0.6) is 0 Å². The fourth-order valence-corrected chi connectivity index (χ4v) is 7.70. The molecule has 0 saturated carbocycles. The Morgan fingerprint density at radius 3 is 2.16 bits per heavy atom. The maximum atomic E-state index is 12.6. The molecule has 3 aliphatic heterocycles. The standard InChI is InChI=1S/C33H40N4O6S/c1-6-19-15(2)24(36-33(19)43)11-22-16(3)20(7-9-29(38)39)25(34-22)13-26-21(8-10-30(40)41)17(4)23(35-26)12-27-31(28-14-44-28)18(5)32(42)37-27/h6,12,18,24,28,31,34-35H,1,7-11,13-14H2,2-5H3,(H,36,43)(H,37,42)(H,38,39)(H,40,41)/p+1/b27-12+/t18-,24-,28-,31-/m1/s1. The smallest absolute Gasteiger partial charge is 0.303 e. The monoisotopic (exact) mass is 621 g/mol. The van der Waals surface area contributed by atoms with Crippen LogP contribution in [0.2, 0.25) is 0 Å². The fraction of sp³-hybridized carbons (Fsp3) is 0.455. The molecule has 6 N–H and O–H groups in total. The van der Waals surface area contributed by atoms with Crippen molar-refractivity contribution in [1.82, 2.24) is 20.6 Å². The number of hydrogen-bond donors (Lipinski definition) is 6. The molecular formula is C33H41N4O6S+. The molecule has 2 aromatic rings. The van der Waals surface area contributed by atoms with Crippen LogP contribution in [0.4, 0.5) is 0 Å². The molecule has 11 heteroatoms. The summed E-state index contributed by atoms with van der Waals surface area (Å²) in [5, 5.41) is 25.5. The van der Waals surface area contributed by atoms with Gasteiger partial charge in [0.05, 0.1) is 12.0 Å². The summed E-state index contributed by atoms with van der Waals surface area (Å²) < 4.78 is 0. The minimum absolute atomic E-state index is 0.0279. The third-order valence-electron chi connectivity index (χ3n) is 9.41. The number of amides is 2. The Morgan fingerprint density at radius 2 is 1.59 bits per heavy atom. The molecule has 3 aliphatic rings. The second kappa shape index (κ2) is 12.6. The van der Waals surface area contributed by atoms with Crippen molar-refractivity contribution < 1.29 is 29.4 Å². The Bertz CT molecular complexity index is 1610. The van der Waals surface area contributed by atoms with Crippen LogP contribution in [0, 0.1) is 25.7 Å². The highest BCUT2D eigenvalue weighted by Crippen LogP contribution is 2.38. The molecule has 2 aromatic heterocycles.